The van der Waals surface area contributed by atoms with Gasteiger partial charge in [0.1, 0.15) is 16.8 Å². The number of carbonyl (C=O) groups is 1. The topological polar surface area (TPSA) is 72.3 Å². The van der Waals surface area contributed by atoms with E-state index >= 15 is 0 Å². The third-order valence-electron chi connectivity index (χ3n) is 3.91. The molecule has 0 unspecified atom stereocenters. The Morgan fingerprint density at radius 3 is 2.67 bits per heavy atom. The third-order valence-corrected chi connectivity index (χ3v) is 5.20. The maximum absolute atomic E-state index is 11.9. The Morgan fingerprint density at radius 2 is 2.00 bits per heavy atom. The van der Waals surface area contributed by atoms with Gasteiger partial charge in [0.25, 0.3) is 0 Å². The molecule has 3 rings (SSSR count). The van der Waals surface area contributed by atoms with Gasteiger partial charge in [0.2, 0.25) is 0 Å². The highest BCUT2D eigenvalue weighted by molar-refractivity contribution is 7.98. The number of benzene rings is 2. The summed E-state index contributed by atoms with van der Waals surface area (Å²) in [6, 6.07) is 11.3. The molecule has 3 aromatic rings. The van der Waals surface area contributed by atoms with Crippen molar-refractivity contribution in [1.82, 2.24) is 8.75 Å². The largest absolute Gasteiger partial charge is 0.508 e. The molecule has 7 heteroatoms. The summed E-state index contributed by atoms with van der Waals surface area (Å²) in [5.74, 6) is -0.576. The molecule has 0 aliphatic heterocycles. The van der Waals surface area contributed by atoms with Crippen molar-refractivity contribution in [2.45, 2.75) is 17.2 Å². The van der Waals surface area contributed by atoms with Gasteiger partial charge in [-0.2, -0.15) is 8.75 Å². The smallest absolute Gasteiger partial charge is 0.306 e. The fourth-order valence-electron chi connectivity index (χ4n) is 2.68. The van der Waals surface area contributed by atoms with Crippen LogP contribution in [0, 0.1) is 0 Å². The summed E-state index contributed by atoms with van der Waals surface area (Å²) in [7, 11) is 1.36. The van der Waals surface area contributed by atoms with Crippen LogP contribution in [0.3, 0.4) is 0 Å². The quantitative estimate of drug-likeness (QED) is 0.551. The van der Waals surface area contributed by atoms with Gasteiger partial charge in [0.05, 0.1) is 25.3 Å². The maximum Gasteiger partial charge on any atom is 0.306 e. The van der Waals surface area contributed by atoms with Crippen LogP contribution in [0.5, 0.6) is 5.75 Å². The number of aromatic hydroxyl groups is 1. The molecule has 0 spiro atoms. The highest BCUT2D eigenvalue weighted by Crippen LogP contribution is 2.39. The minimum absolute atomic E-state index is 0.109. The first kappa shape index (κ1) is 16.7. The zero-order valence-electron chi connectivity index (χ0n) is 13.2. The van der Waals surface area contributed by atoms with Gasteiger partial charge in [0, 0.05) is 16.4 Å². The molecule has 0 aliphatic carbocycles. The monoisotopic (exact) mass is 360 g/mol. The van der Waals surface area contributed by atoms with E-state index in [1.807, 2.05) is 30.5 Å². The molecule has 0 radical (unpaired) electrons. The fraction of sp³-hybridized carbons (Fsp3) is 0.235. The van der Waals surface area contributed by atoms with Crippen molar-refractivity contribution in [3.8, 4) is 5.75 Å². The zero-order valence-corrected chi connectivity index (χ0v) is 14.9. The first-order valence-electron chi connectivity index (χ1n) is 7.29. The van der Waals surface area contributed by atoms with Gasteiger partial charge in [-0.3, -0.25) is 4.79 Å². The molecule has 0 aliphatic rings. The average molecular weight is 360 g/mol. The number of hydrogen-bond donors (Lipinski definition) is 1. The van der Waals surface area contributed by atoms with Crippen LogP contribution in [0.2, 0.25) is 0 Å². The average Bonchev–Trinajstić information content (AvgIpc) is 3.08. The Labute approximate surface area is 148 Å². The number of phenols is 1. The Balaban J connectivity index is 2.14. The van der Waals surface area contributed by atoms with E-state index in [9.17, 15) is 9.90 Å². The molecular weight excluding hydrogens is 344 g/mol. The second kappa shape index (κ2) is 7.19. The molecule has 124 valence electrons. The van der Waals surface area contributed by atoms with Crippen LogP contribution < -0.4 is 0 Å². The van der Waals surface area contributed by atoms with E-state index in [-0.39, 0.29) is 24.1 Å². The van der Waals surface area contributed by atoms with Crippen LogP contribution in [0.4, 0.5) is 0 Å². The lowest BCUT2D eigenvalue weighted by molar-refractivity contribution is -0.140. The van der Waals surface area contributed by atoms with E-state index < -0.39 is 0 Å². The van der Waals surface area contributed by atoms with Gasteiger partial charge in [-0.25, -0.2) is 0 Å². The SMILES string of the molecule is COC(=O)C[C@@H](c1ccc(SC)cc1)c1c(O)ccc2nsnc12. The van der Waals surface area contributed by atoms with Crippen LogP contribution in [-0.4, -0.2) is 33.2 Å². The van der Waals surface area contributed by atoms with Gasteiger partial charge < -0.3 is 9.84 Å². The first-order chi connectivity index (χ1) is 11.6. The molecule has 0 saturated heterocycles. The predicted octanol–water partition coefficient (Wildman–Crippen LogP) is 3.81. The lowest BCUT2D eigenvalue weighted by Gasteiger charge is -2.18. The zero-order chi connectivity index (χ0) is 17.1. The van der Waals surface area contributed by atoms with Crippen molar-refractivity contribution in [3.05, 3.63) is 47.5 Å². The number of aromatic nitrogens is 2. The van der Waals surface area contributed by atoms with Gasteiger partial charge in [-0.15, -0.1) is 11.8 Å². The number of thioether (sulfide) groups is 1. The van der Waals surface area contributed by atoms with Gasteiger partial charge in [-0.05, 0) is 36.1 Å². The predicted molar refractivity (Wildman–Crippen MR) is 95.8 cm³/mol. The number of esters is 1. The summed E-state index contributed by atoms with van der Waals surface area (Å²) in [6.45, 7) is 0. The molecule has 0 amide bonds. The standard InChI is InChI=1S/C17H16N2O3S2/c1-22-15(21)9-12(10-3-5-11(23-2)6-4-10)16-14(20)8-7-13-17(16)19-24-18-13/h3-8,12,20H,9H2,1-2H3/t12-/m0/s1. The summed E-state index contributed by atoms with van der Waals surface area (Å²) >= 11 is 2.74. The van der Waals surface area contributed by atoms with Crippen LogP contribution in [0.25, 0.3) is 11.0 Å². The van der Waals surface area contributed by atoms with Crippen molar-refractivity contribution in [3.63, 3.8) is 0 Å². The Hall–Kier alpha value is -2.12. The lowest BCUT2D eigenvalue weighted by Crippen LogP contribution is -2.11. The van der Waals surface area contributed by atoms with Crippen LogP contribution in [0.15, 0.2) is 41.3 Å². The third kappa shape index (κ3) is 3.22. The molecule has 2 aromatic carbocycles. The number of fused-ring (bicyclic) bond motifs is 1. The second-order valence-corrected chi connectivity index (χ2v) is 6.64. The second-order valence-electron chi connectivity index (χ2n) is 5.24. The van der Waals surface area contributed by atoms with Crippen molar-refractivity contribution >= 4 is 40.5 Å². The van der Waals surface area contributed by atoms with Gasteiger partial charge in [-0.1, -0.05) is 12.1 Å². The molecule has 1 N–H and O–H groups in total. The molecule has 1 heterocycles. The highest BCUT2D eigenvalue weighted by atomic mass is 32.2. The Bertz CT molecular complexity index is 862. The van der Waals surface area contributed by atoms with E-state index in [1.165, 1.54) is 7.11 Å². The lowest BCUT2D eigenvalue weighted by atomic mass is 9.87. The van der Waals surface area contributed by atoms with Crippen molar-refractivity contribution in [2.75, 3.05) is 13.4 Å². The normalized spacial score (nSPS) is 12.2. The maximum atomic E-state index is 11.9. The molecule has 0 saturated carbocycles. The van der Waals surface area contributed by atoms with Gasteiger partial charge >= 0.3 is 5.97 Å². The number of nitrogens with zero attached hydrogens (tertiary/aromatic N) is 2. The number of phenolic OH excluding ortho intramolecular Hbond substituents is 1. The number of methoxy groups -OCH3 is 1. The van der Waals surface area contributed by atoms with E-state index in [1.54, 1.807) is 23.9 Å². The minimum atomic E-state index is -0.346. The van der Waals surface area contributed by atoms with Crippen molar-refractivity contribution in [2.24, 2.45) is 0 Å². The summed E-state index contributed by atoms with van der Waals surface area (Å²) < 4.78 is 13.4. The van der Waals surface area contributed by atoms with Crippen molar-refractivity contribution in [1.29, 1.82) is 0 Å². The number of hydrogen-bond acceptors (Lipinski definition) is 7. The van der Waals surface area contributed by atoms with E-state index in [4.69, 9.17) is 4.74 Å². The van der Waals surface area contributed by atoms with Crippen LogP contribution in [0.1, 0.15) is 23.5 Å². The molecule has 24 heavy (non-hydrogen) atoms. The fourth-order valence-corrected chi connectivity index (χ4v) is 3.63. The van der Waals surface area contributed by atoms with Crippen molar-refractivity contribution < 1.29 is 14.6 Å². The summed E-state index contributed by atoms with van der Waals surface area (Å²) in [5, 5.41) is 10.4. The van der Waals surface area contributed by atoms with Crippen LogP contribution in [-0.2, 0) is 9.53 Å². The molecule has 0 fully saturated rings. The van der Waals surface area contributed by atoms with E-state index in [0.717, 1.165) is 22.2 Å². The molecule has 1 aromatic heterocycles. The van der Waals surface area contributed by atoms with Gasteiger partial charge in [0.15, 0.2) is 0 Å². The number of ether oxygens (including phenoxy) is 1. The summed E-state index contributed by atoms with van der Waals surface area (Å²) in [5.41, 5.74) is 2.88. The summed E-state index contributed by atoms with van der Waals surface area (Å²) in [4.78, 5) is 13.1. The molecule has 5 nitrogen and oxygen atoms in total. The van der Waals surface area contributed by atoms with E-state index in [2.05, 4.69) is 8.75 Å². The Kier molecular flexibility index (Phi) is 5.01. The molecule has 1 atom stereocenters. The summed E-state index contributed by atoms with van der Waals surface area (Å²) in [6.07, 6.45) is 2.13. The molecular formula is C17H16N2O3S2. The van der Waals surface area contributed by atoms with E-state index in [0.29, 0.717) is 16.6 Å². The highest BCUT2D eigenvalue weighted by Gasteiger charge is 2.25. The number of carbonyl (C=O) groups excluding carboxylic acids is 1. The Morgan fingerprint density at radius 1 is 1.25 bits per heavy atom. The van der Waals surface area contributed by atoms with Crippen LogP contribution >= 0.6 is 23.5 Å². The number of rotatable bonds is 5. The molecule has 0 bridgehead atoms. The first-order valence-corrected chi connectivity index (χ1v) is 9.24. The minimum Gasteiger partial charge on any atom is -0.508 e.